The predicted molar refractivity (Wildman–Crippen MR) is 76.5 cm³/mol. The molecule has 0 aliphatic rings. The standard InChI is InChI=1S/C12H8Cl3N.ClH/c13-5-8-3-10(7-16-6-8)9-1-2-11(14)12(15)4-9;/h1-4,6-7H,5H2;1H. The van der Waals surface area contributed by atoms with E-state index in [-0.39, 0.29) is 12.4 Å². The number of hydrogen-bond acceptors (Lipinski definition) is 1. The third-order valence-corrected chi connectivity index (χ3v) is 3.25. The van der Waals surface area contributed by atoms with Gasteiger partial charge >= 0.3 is 0 Å². The summed E-state index contributed by atoms with van der Waals surface area (Å²) in [5.74, 6) is 0.447. The minimum Gasteiger partial charge on any atom is -0.264 e. The van der Waals surface area contributed by atoms with Crippen LogP contribution in [-0.4, -0.2) is 4.98 Å². The molecule has 90 valence electrons. The van der Waals surface area contributed by atoms with E-state index in [2.05, 4.69) is 4.98 Å². The van der Waals surface area contributed by atoms with Crippen LogP contribution in [0.25, 0.3) is 11.1 Å². The average molecular weight is 309 g/mol. The first-order valence-electron chi connectivity index (χ1n) is 4.66. The molecule has 2 aromatic rings. The van der Waals surface area contributed by atoms with Crippen LogP contribution in [0.2, 0.25) is 10.0 Å². The van der Waals surface area contributed by atoms with Crippen molar-refractivity contribution in [1.82, 2.24) is 4.98 Å². The molecule has 0 amide bonds. The van der Waals surface area contributed by atoms with Crippen molar-refractivity contribution in [3.8, 4) is 11.1 Å². The highest BCUT2D eigenvalue weighted by Crippen LogP contribution is 2.28. The Morgan fingerprint density at radius 1 is 0.941 bits per heavy atom. The molecule has 0 aliphatic heterocycles. The molecule has 0 N–H and O–H groups in total. The van der Waals surface area contributed by atoms with Crippen molar-refractivity contribution < 1.29 is 0 Å². The van der Waals surface area contributed by atoms with Crippen LogP contribution in [0.1, 0.15) is 5.56 Å². The minimum absolute atomic E-state index is 0. The molecule has 1 heterocycles. The van der Waals surface area contributed by atoms with Gasteiger partial charge in [-0.2, -0.15) is 0 Å². The highest BCUT2D eigenvalue weighted by atomic mass is 35.5. The first kappa shape index (κ1) is 14.6. The Morgan fingerprint density at radius 3 is 2.35 bits per heavy atom. The maximum atomic E-state index is 5.96. The molecule has 17 heavy (non-hydrogen) atoms. The van der Waals surface area contributed by atoms with Gasteiger partial charge in [0.05, 0.1) is 10.0 Å². The molecule has 0 aliphatic carbocycles. The number of nitrogens with zero attached hydrogens (tertiary/aromatic N) is 1. The largest absolute Gasteiger partial charge is 0.264 e. The number of benzene rings is 1. The van der Waals surface area contributed by atoms with Crippen molar-refractivity contribution in [2.24, 2.45) is 0 Å². The first-order chi connectivity index (χ1) is 7.70. The van der Waals surface area contributed by atoms with Crippen LogP contribution in [0, 0.1) is 0 Å². The molecular weight excluding hydrogens is 300 g/mol. The summed E-state index contributed by atoms with van der Waals surface area (Å²) in [6.45, 7) is 0. The zero-order chi connectivity index (χ0) is 11.5. The smallest absolute Gasteiger partial charge is 0.0598 e. The lowest BCUT2D eigenvalue weighted by Gasteiger charge is -2.04. The summed E-state index contributed by atoms with van der Waals surface area (Å²) >= 11 is 17.6. The van der Waals surface area contributed by atoms with Gasteiger partial charge < -0.3 is 0 Å². The fraction of sp³-hybridized carbons (Fsp3) is 0.0833. The van der Waals surface area contributed by atoms with Crippen molar-refractivity contribution in [1.29, 1.82) is 0 Å². The van der Waals surface area contributed by atoms with Crippen LogP contribution in [0.4, 0.5) is 0 Å². The summed E-state index contributed by atoms with van der Waals surface area (Å²) in [5.41, 5.74) is 2.94. The Kier molecular flexibility index (Phi) is 5.54. The SMILES string of the molecule is Cl.ClCc1cncc(-c2ccc(Cl)c(Cl)c2)c1. The van der Waals surface area contributed by atoms with Gasteiger partial charge in [-0.3, -0.25) is 4.98 Å². The average Bonchev–Trinajstić information content (AvgIpc) is 2.33. The summed E-state index contributed by atoms with van der Waals surface area (Å²) in [4.78, 5) is 4.12. The summed E-state index contributed by atoms with van der Waals surface area (Å²) in [6.07, 6.45) is 3.52. The molecule has 0 unspecified atom stereocenters. The molecule has 0 fully saturated rings. The molecule has 0 saturated carbocycles. The van der Waals surface area contributed by atoms with Crippen LogP contribution in [-0.2, 0) is 5.88 Å². The minimum atomic E-state index is 0. The van der Waals surface area contributed by atoms with Gasteiger partial charge in [0.1, 0.15) is 0 Å². The van der Waals surface area contributed by atoms with Crippen molar-refractivity contribution >= 4 is 47.2 Å². The Bertz CT molecular complexity index is 514. The van der Waals surface area contributed by atoms with Gasteiger partial charge in [-0.1, -0.05) is 29.3 Å². The molecule has 1 aromatic carbocycles. The molecular formula is C12H9Cl4N. The van der Waals surface area contributed by atoms with Gasteiger partial charge in [0.15, 0.2) is 0 Å². The van der Waals surface area contributed by atoms with Crippen LogP contribution < -0.4 is 0 Å². The lowest BCUT2D eigenvalue weighted by atomic mass is 10.1. The summed E-state index contributed by atoms with van der Waals surface area (Å²) in [5, 5.41) is 1.09. The quantitative estimate of drug-likeness (QED) is 0.693. The van der Waals surface area contributed by atoms with E-state index in [1.54, 1.807) is 18.5 Å². The molecule has 1 aromatic heterocycles. The molecule has 0 bridgehead atoms. The van der Waals surface area contributed by atoms with E-state index in [9.17, 15) is 0 Å². The van der Waals surface area contributed by atoms with E-state index in [4.69, 9.17) is 34.8 Å². The highest BCUT2D eigenvalue weighted by Gasteiger charge is 2.03. The fourth-order valence-electron chi connectivity index (χ4n) is 1.39. The second-order valence-electron chi connectivity index (χ2n) is 3.34. The second kappa shape index (κ2) is 6.46. The Morgan fingerprint density at radius 2 is 1.71 bits per heavy atom. The maximum absolute atomic E-state index is 5.96. The fourth-order valence-corrected chi connectivity index (χ4v) is 1.84. The van der Waals surface area contributed by atoms with Crippen LogP contribution in [0.15, 0.2) is 36.7 Å². The van der Waals surface area contributed by atoms with Crippen molar-refractivity contribution in [2.45, 2.75) is 5.88 Å². The Hall–Kier alpha value is -0.470. The normalized spacial score (nSPS) is 9.82. The zero-order valence-corrected chi connectivity index (χ0v) is 11.7. The monoisotopic (exact) mass is 307 g/mol. The second-order valence-corrected chi connectivity index (χ2v) is 4.43. The number of aromatic nitrogens is 1. The van der Waals surface area contributed by atoms with Crippen LogP contribution in [0.5, 0.6) is 0 Å². The summed E-state index contributed by atoms with van der Waals surface area (Å²) < 4.78 is 0. The van der Waals surface area contributed by atoms with E-state index in [1.165, 1.54) is 0 Å². The number of alkyl halides is 1. The first-order valence-corrected chi connectivity index (χ1v) is 5.95. The van der Waals surface area contributed by atoms with Crippen LogP contribution in [0.3, 0.4) is 0 Å². The van der Waals surface area contributed by atoms with Gasteiger partial charge in [0, 0.05) is 23.8 Å². The lowest BCUT2D eigenvalue weighted by Crippen LogP contribution is -1.85. The van der Waals surface area contributed by atoms with Crippen molar-refractivity contribution in [2.75, 3.05) is 0 Å². The Labute approximate surface area is 121 Å². The van der Waals surface area contributed by atoms with Gasteiger partial charge in [-0.15, -0.1) is 24.0 Å². The molecule has 0 radical (unpaired) electrons. The van der Waals surface area contributed by atoms with Gasteiger partial charge in [-0.25, -0.2) is 0 Å². The highest BCUT2D eigenvalue weighted by molar-refractivity contribution is 6.42. The van der Waals surface area contributed by atoms with Crippen molar-refractivity contribution in [3.05, 3.63) is 52.3 Å². The molecule has 0 saturated heterocycles. The maximum Gasteiger partial charge on any atom is 0.0598 e. The molecule has 0 spiro atoms. The van der Waals surface area contributed by atoms with Gasteiger partial charge in [-0.05, 0) is 29.3 Å². The molecule has 5 heteroatoms. The molecule has 0 atom stereocenters. The van der Waals surface area contributed by atoms with Crippen LogP contribution >= 0.6 is 47.2 Å². The van der Waals surface area contributed by atoms with Crippen molar-refractivity contribution in [3.63, 3.8) is 0 Å². The third-order valence-electron chi connectivity index (χ3n) is 2.20. The number of halogens is 4. The summed E-state index contributed by atoms with van der Waals surface area (Å²) in [6, 6.07) is 7.48. The van der Waals surface area contributed by atoms with E-state index < -0.39 is 0 Å². The van der Waals surface area contributed by atoms with E-state index in [0.717, 1.165) is 16.7 Å². The van der Waals surface area contributed by atoms with E-state index >= 15 is 0 Å². The predicted octanol–water partition coefficient (Wildman–Crippen LogP) is 5.22. The summed E-state index contributed by atoms with van der Waals surface area (Å²) in [7, 11) is 0. The molecule has 2 rings (SSSR count). The lowest BCUT2D eigenvalue weighted by molar-refractivity contribution is 1.25. The third kappa shape index (κ3) is 3.49. The van der Waals surface area contributed by atoms with Gasteiger partial charge in [0.25, 0.3) is 0 Å². The number of rotatable bonds is 2. The van der Waals surface area contributed by atoms with Gasteiger partial charge in [0.2, 0.25) is 0 Å². The van der Waals surface area contributed by atoms with E-state index in [1.807, 2.05) is 18.2 Å². The van der Waals surface area contributed by atoms with E-state index in [0.29, 0.717) is 15.9 Å². The Balaban J connectivity index is 0.00000144. The topological polar surface area (TPSA) is 12.9 Å². The molecule has 1 nitrogen and oxygen atoms in total. The number of pyridine rings is 1. The zero-order valence-electron chi connectivity index (χ0n) is 8.66. The number of hydrogen-bond donors (Lipinski definition) is 0.